The molecule has 0 saturated carbocycles. The van der Waals surface area contributed by atoms with Gasteiger partial charge < -0.3 is 4.57 Å². The van der Waals surface area contributed by atoms with E-state index < -0.39 is 0 Å². The molecule has 0 aliphatic heterocycles. The van der Waals surface area contributed by atoms with Crippen LogP contribution in [-0.4, -0.2) is 4.57 Å². The Labute approximate surface area is 330 Å². The monoisotopic (exact) mass is 729 g/mol. The fourth-order valence-corrected chi connectivity index (χ4v) is 10.1. The SMILES string of the molecule is c1ccc(-c2c(-c3ccccc3)c(-c3ccccc3)c3c(c2-c2ccccc2)c2ccc(-c4cccc5c4sc4ccccc45)cc2n3-c2ccccc2)cc1. The van der Waals surface area contributed by atoms with Gasteiger partial charge in [0.2, 0.25) is 0 Å². The molecule has 262 valence electrons. The van der Waals surface area contributed by atoms with E-state index in [0.717, 1.165) is 5.69 Å². The zero-order valence-corrected chi connectivity index (χ0v) is 31.4. The van der Waals surface area contributed by atoms with Crippen molar-refractivity contribution in [3.63, 3.8) is 0 Å². The number of hydrogen-bond donors (Lipinski definition) is 0. The summed E-state index contributed by atoms with van der Waals surface area (Å²) >= 11 is 1.89. The standard InChI is InChI=1S/C54H35NS/c1-6-19-36(20-7-1)48-49(37-21-8-2-9-22-37)51(39-25-12-4-13-26-39)53-52(50(48)38-23-10-3-11-24-38)45-34-33-40(35-46(45)55(53)41-27-14-5-15-28-41)42-30-18-31-44-43-29-16-17-32-47(43)56-54(42)44/h1-35H. The Bertz CT molecular complexity index is 3200. The van der Waals surface area contributed by atoms with Crippen LogP contribution in [0.4, 0.5) is 0 Å². The highest BCUT2D eigenvalue weighted by Gasteiger charge is 2.29. The first-order valence-electron chi connectivity index (χ1n) is 19.2. The van der Waals surface area contributed by atoms with Crippen molar-refractivity contribution in [2.75, 3.05) is 0 Å². The highest BCUT2D eigenvalue weighted by atomic mass is 32.1. The zero-order valence-electron chi connectivity index (χ0n) is 30.6. The summed E-state index contributed by atoms with van der Waals surface area (Å²) in [5.41, 5.74) is 15.7. The van der Waals surface area contributed by atoms with Gasteiger partial charge in [0.25, 0.3) is 0 Å². The molecule has 0 aliphatic carbocycles. The summed E-state index contributed by atoms with van der Waals surface area (Å²) in [5.74, 6) is 0. The topological polar surface area (TPSA) is 4.93 Å². The van der Waals surface area contributed by atoms with Crippen LogP contribution in [0.25, 0.3) is 103 Å². The number of nitrogens with zero attached hydrogens (tertiary/aromatic N) is 1. The maximum atomic E-state index is 2.54. The third-order valence-electron chi connectivity index (χ3n) is 11.2. The van der Waals surface area contributed by atoms with Crippen molar-refractivity contribution in [2.45, 2.75) is 0 Å². The number of hydrogen-bond acceptors (Lipinski definition) is 1. The van der Waals surface area contributed by atoms with Crippen molar-refractivity contribution >= 4 is 53.3 Å². The summed E-state index contributed by atoms with van der Waals surface area (Å²) in [6.07, 6.45) is 0. The van der Waals surface area contributed by atoms with E-state index in [2.05, 4.69) is 217 Å². The summed E-state index contributed by atoms with van der Waals surface area (Å²) in [5, 5.41) is 5.10. The van der Waals surface area contributed by atoms with E-state index in [9.17, 15) is 0 Å². The van der Waals surface area contributed by atoms with E-state index in [1.165, 1.54) is 97.6 Å². The highest BCUT2D eigenvalue weighted by Crippen LogP contribution is 2.54. The Morgan fingerprint density at radius 1 is 0.339 bits per heavy atom. The Morgan fingerprint density at radius 2 is 0.839 bits per heavy atom. The molecule has 0 amide bonds. The lowest BCUT2D eigenvalue weighted by Crippen LogP contribution is -2.00. The minimum absolute atomic E-state index is 1.13. The fourth-order valence-electron chi connectivity index (χ4n) is 8.82. The van der Waals surface area contributed by atoms with Crippen LogP contribution in [0.2, 0.25) is 0 Å². The van der Waals surface area contributed by atoms with Gasteiger partial charge in [-0.1, -0.05) is 188 Å². The lowest BCUT2D eigenvalue weighted by Gasteiger charge is -2.24. The molecular formula is C54H35NS. The largest absolute Gasteiger partial charge is 0.309 e. The molecule has 0 N–H and O–H groups in total. The van der Waals surface area contributed by atoms with Gasteiger partial charge in [-0.25, -0.2) is 0 Å². The highest BCUT2D eigenvalue weighted by molar-refractivity contribution is 7.26. The van der Waals surface area contributed by atoms with Gasteiger partial charge in [-0.2, -0.15) is 0 Å². The van der Waals surface area contributed by atoms with E-state index >= 15 is 0 Å². The second kappa shape index (κ2) is 13.4. The van der Waals surface area contributed by atoms with Crippen molar-refractivity contribution in [3.8, 4) is 61.3 Å². The normalized spacial score (nSPS) is 11.6. The van der Waals surface area contributed by atoms with E-state index in [4.69, 9.17) is 0 Å². The quantitative estimate of drug-likeness (QED) is 0.161. The Kier molecular flexibility index (Phi) is 7.75. The molecule has 0 radical (unpaired) electrons. The van der Waals surface area contributed by atoms with Crippen molar-refractivity contribution in [1.82, 2.24) is 4.57 Å². The van der Waals surface area contributed by atoms with Gasteiger partial charge in [0.05, 0.1) is 11.0 Å². The molecule has 0 unspecified atom stereocenters. The van der Waals surface area contributed by atoms with E-state index in [1.54, 1.807) is 0 Å². The van der Waals surface area contributed by atoms with Gasteiger partial charge in [-0.05, 0) is 63.2 Å². The molecule has 0 aliphatic rings. The van der Waals surface area contributed by atoms with Crippen LogP contribution in [0.3, 0.4) is 0 Å². The molecule has 0 bridgehead atoms. The lowest BCUT2D eigenvalue weighted by molar-refractivity contribution is 1.18. The molecule has 11 rings (SSSR count). The summed E-state index contributed by atoms with van der Waals surface area (Å²) in [7, 11) is 0. The molecule has 2 heterocycles. The van der Waals surface area contributed by atoms with Crippen molar-refractivity contribution in [1.29, 1.82) is 0 Å². The van der Waals surface area contributed by atoms with Crippen molar-refractivity contribution < 1.29 is 0 Å². The van der Waals surface area contributed by atoms with Crippen molar-refractivity contribution in [2.24, 2.45) is 0 Å². The Hall–Kier alpha value is -7.00. The Balaban J connectivity index is 1.39. The fraction of sp³-hybridized carbons (Fsp3) is 0. The average molecular weight is 730 g/mol. The van der Waals surface area contributed by atoms with Crippen molar-refractivity contribution in [3.05, 3.63) is 212 Å². The van der Waals surface area contributed by atoms with Gasteiger partial charge in [-0.3, -0.25) is 0 Å². The number of aromatic nitrogens is 1. The summed E-state index contributed by atoms with van der Waals surface area (Å²) < 4.78 is 5.18. The second-order valence-corrected chi connectivity index (χ2v) is 15.4. The smallest absolute Gasteiger partial charge is 0.0632 e. The summed E-state index contributed by atoms with van der Waals surface area (Å²) in [6, 6.07) is 77.7. The Morgan fingerprint density at radius 3 is 1.46 bits per heavy atom. The molecule has 0 atom stereocenters. The first-order valence-corrected chi connectivity index (χ1v) is 20.0. The van der Waals surface area contributed by atoms with Crippen LogP contribution in [0, 0.1) is 0 Å². The molecule has 0 saturated heterocycles. The van der Waals surface area contributed by atoms with Gasteiger partial charge in [0.15, 0.2) is 0 Å². The minimum atomic E-state index is 1.13. The number of para-hydroxylation sites is 1. The van der Waals surface area contributed by atoms with Gasteiger partial charge in [0, 0.05) is 53.3 Å². The number of fused-ring (bicyclic) bond motifs is 6. The summed E-state index contributed by atoms with van der Waals surface area (Å²) in [4.78, 5) is 0. The van der Waals surface area contributed by atoms with Crippen LogP contribution in [0.1, 0.15) is 0 Å². The van der Waals surface area contributed by atoms with Gasteiger partial charge >= 0.3 is 0 Å². The average Bonchev–Trinajstić information content (AvgIpc) is 3.83. The second-order valence-electron chi connectivity index (χ2n) is 14.4. The minimum Gasteiger partial charge on any atom is -0.309 e. The molecule has 1 nitrogen and oxygen atoms in total. The number of rotatable bonds is 6. The maximum absolute atomic E-state index is 2.54. The molecule has 0 spiro atoms. The van der Waals surface area contributed by atoms with Crippen LogP contribution >= 0.6 is 11.3 Å². The van der Waals surface area contributed by atoms with Crippen LogP contribution in [0.5, 0.6) is 0 Å². The number of thiophene rings is 1. The van der Waals surface area contributed by atoms with Crippen LogP contribution in [0.15, 0.2) is 212 Å². The molecule has 0 fully saturated rings. The molecule has 56 heavy (non-hydrogen) atoms. The van der Waals surface area contributed by atoms with Crippen LogP contribution < -0.4 is 0 Å². The number of benzene rings is 9. The molecule has 11 aromatic rings. The van der Waals surface area contributed by atoms with E-state index in [-0.39, 0.29) is 0 Å². The zero-order chi connectivity index (χ0) is 37.0. The molecular weight excluding hydrogens is 695 g/mol. The first-order chi connectivity index (χ1) is 27.8. The van der Waals surface area contributed by atoms with Crippen LogP contribution in [-0.2, 0) is 0 Å². The third-order valence-corrected chi connectivity index (χ3v) is 12.4. The molecule has 9 aromatic carbocycles. The van der Waals surface area contributed by atoms with E-state index in [1.807, 2.05) is 11.3 Å². The van der Waals surface area contributed by atoms with Gasteiger partial charge in [-0.15, -0.1) is 11.3 Å². The van der Waals surface area contributed by atoms with E-state index in [0.29, 0.717) is 0 Å². The van der Waals surface area contributed by atoms with Gasteiger partial charge in [0.1, 0.15) is 0 Å². The first kappa shape index (κ1) is 32.4. The predicted octanol–water partition coefficient (Wildman–Crippen LogP) is 15.5. The predicted molar refractivity (Wildman–Crippen MR) is 241 cm³/mol. The lowest BCUT2D eigenvalue weighted by atomic mass is 9.80. The third kappa shape index (κ3) is 5.15. The molecule has 2 aromatic heterocycles. The molecule has 2 heteroatoms. The maximum Gasteiger partial charge on any atom is 0.0632 e. The summed E-state index contributed by atoms with van der Waals surface area (Å²) in [6.45, 7) is 0.